The van der Waals surface area contributed by atoms with E-state index in [9.17, 15) is 18.7 Å². The average molecular weight is 497 g/mol. The quantitative estimate of drug-likeness (QED) is 0.478. The largest absolute Gasteiger partial charge is 0.390 e. The summed E-state index contributed by atoms with van der Waals surface area (Å²) >= 11 is 3.55. The molecule has 2 aromatic rings. The van der Waals surface area contributed by atoms with Crippen molar-refractivity contribution in [2.45, 2.75) is 59.2 Å². The number of aliphatic hydroxyl groups is 1. The van der Waals surface area contributed by atoms with Crippen LogP contribution in [0.25, 0.3) is 0 Å². The standard InChI is InChI=1S/C24H31BrF2N2O2/c1-15(30)29-22(10-16-8-20(26)11-21(27)9-16)23(31)14-28-13-18-5-17(6-19(25)7-18)12-24(2,3)4/h5-9,11,22-23,28,31H,10,12-14H2,1-4H3,(H,29,30). The molecule has 0 radical (unpaired) electrons. The predicted octanol–water partition coefficient (Wildman–Crippen LogP) is 4.51. The number of amides is 1. The van der Waals surface area contributed by atoms with Gasteiger partial charge >= 0.3 is 0 Å². The number of rotatable bonds is 9. The molecule has 4 nitrogen and oxygen atoms in total. The fourth-order valence-electron chi connectivity index (χ4n) is 3.57. The highest BCUT2D eigenvalue weighted by atomic mass is 79.9. The molecule has 2 rings (SSSR count). The Morgan fingerprint density at radius 3 is 2.23 bits per heavy atom. The molecule has 7 heteroatoms. The molecule has 0 aliphatic carbocycles. The van der Waals surface area contributed by atoms with Crippen molar-refractivity contribution in [2.24, 2.45) is 5.41 Å². The van der Waals surface area contributed by atoms with Crippen LogP contribution in [0, 0.1) is 17.0 Å². The summed E-state index contributed by atoms with van der Waals surface area (Å²) in [4.78, 5) is 11.6. The van der Waals surface area contributed by atoms with Gasteiger partial charge in [-0.2, -0.15) is 0 Å². The summed E-state index contributed by atoms with van der Waals surface area (Å²) in [6.07, 6.45) is 0.122. The van der Waals surface area contributed by atoms with Crippen molar-refractivity contribution in [3.63, 3.8) is 0 Å². The number of nitrogens with one attached hydrogen (secondary N) is 2. The molecule has 2 aromatic carbocycles. The third-order valence-corrected chi connectivity index (χ3v) is 5.12. The van der Waals surface area contributed by atoms with E-state index < -0.39 is 23.8 Å². The van der Waals surface area contributed by atoms with Gasteiger partial charge in [0.15, 0.2) is 0 Å². The van der Waals surface area contributed by atoms with Gasteiger partial charge in [0, 0.05) is 30.6 Å². The maximum atomic E-state index is 13.5. The molecule has 0 saturated carbocycles. The first kappa shape index (κ1) is 25.4. The summed E-state index contributed by atoms with van der Waals surface area (Å²) in [5, 5.41) is 16.5. The summed E-state index contributed by atoms with van der Waals surface area (Å²) in [6, 6.07) is 8.79. The van der Waals surface area contributed by atoms with Gasteiger partial charge in [0.05, 0.1) is 12.1 Å². The lowest BCUT2D eigenvalue weighted by atomic mass is 9.88. The molecule has 1 amide bonds. The number of hydrogen-bond acceptors (Lipinski definition) is 3. The van der Waals surface area contributed by atoms with E-state index in [1.165, 1.54) is 24.6 Å². The predicted molar refractivity (Wildman–Crippen MR) is 123 cm³/mol. The number of benzene rings is 2. The van der Waals surface area contributed by atoms with Gasteiger partial charge in [-0.25, -0.2) is 8.78 Å². The summed E-state index contributed by atoms with van der Waals surface area (Å²) in [6.45, 7) is 8.66. The van der Waals surface area contributed by atoms with Crippen LogP contribution in [0.5, 0.6) is 0 Å². The van der Waals surface area contributed by atoms with Crippen LogP contribution in [-0.2, 0) is 24.2 Å². The zero-order valence-corrected chi connectivity index (χ0v) is 20.0. The summed E-state index contributed by atoms with van der Waals surface area (Å²) < 4.78 is 28.0. The Kier molecular flexibility index (Phi) is 9.15. The topological polar surface area (TPSA) is 61.4 Å². The van der Waals surface area contributed by atoms with E-state index in [0.717, 1.165) is 22.5 Å². The second-order valence-electron chi connectivity index (χ2n) is 9.19. The molecule has 0 saturated heterocycles. The third-order valence-electron chi connectivity index (χ3n) is 4.67. The second kappa shape index (κ2) is 11.2. The molecule has 31 heavy (non-hydrogen) atoms. The normalized spacial score (nSPS) is 13.7. The Hall–Kier alpha value is -1.83. The lowest BCUT2D eigenvalue weighted by Gasteiger charge is -2.24. The lowest BCUT2D eigenvalue weighted by Crippen LogP contribution is -2.48. The average Bonchev–Trinajstić information content (AvgIpc) is 2.57. The molecular formula is C24H31BrF2N2O2. The van der Waals surface area contributed by atoms with Gasteiger partial charge in [0.1, 0.15) is 11.6 Å². The first-order valence-electron chi connectivity index (χ1n) is 10.3. The van der Waals surface area contributed by atoms with Crippen molar-refractivity contribution in [1.82, 2.24) is 10.6 Å². The molecule has 0 fully saturated rings. The van der Waals surface area contributed by atoms with E-state index in [2.05, 4.69) is 59.5 Å². The van der Waals surface area contributed by atoms with E-state index >= 15 is 0 Å². The molecule has 3 N–H and O–H groups in total. The van der Waals surface area contributed by atoms with Crippen LogP contribution in [0.15, 0.2) is 40.9 Å². The van der Waals surface area contributed by atoms with Gasteiger partial charge in [-0.3, -0.25) is 4.79 Å². The molecule has 2 unspecified atom stereocenters. The molecule has 0 spiro atoms. The Morgan fingerprint density at radius 2 is 1.65 bits per heavy atom. The van der Waals surface area contributed by atoms with Gasteiger partial charge in [-0.1, -0.05) is 42.8 Å². The molecule has 0 aliphatic heterocycles. The number of aliphatic hydroxyl groups excluding tert-OH is 1. The van der Waals surface area contributed by atoms with Crippen molar-refractivity contribution in [1.29, 1.82) is 0 Å². The molecule has 2 atom stereocenters. The summed E-state index contributed by atoms with van der Waals surface area (Å²) in [7, 11) is 0. The van der Waals surface area contributed by atoms with Gasteiger partial charge < -0.3 is 15.7 Å². The van der Waals surface area contributed by atoms with Crippen LogP contribution >= 0.6 is 15.9 Å². The summed E-state index contributed by atoms with van der Waals surface area (Å²) in [5.41, 5.74) is 2.84. The van der Waals surface area contributed by atoms with Gasteiger partial charge in [0.25, 0.3) is 0 Å². The van der Waals surface area contributed by atoms with Crippen LogP contribution in [0.3, 0.4) is 0 Å². The first-order valence-corrected chi connectivity index (χ1v) is 11.1. The van der Waals surface area contributed by atoms with Crippen LogP contribution in [0.2, 0.25) is 0 Å². The van der Waals surface area contributed by atoms with E-state index in [0.29, 0.717) is 12.1 Å². The highest BCUT2D eigenvalue weighted by Gasteiger charge is 2.21. The Labute approximate surface area is 191 Å². The monoisotopic (exact) mass is 496 g/mol. The van der Waals surface area contributed by atoms with Crippen molar-refractivity contribution in [2.75, 3.05) is 6.54 Å². The molecular weight excluding hydrogens is 466 g/mol. The molecule has 0 aliphatic rings. The zero-order chi connectivity index (χ0) is 23.2. The fraction of sp³-hybridized carbons (Fsp3) is 0.458. The SMILES string of the molecule is CC(=O)NC(Cc1cc(F)cc(F)c1)C(O)CNCc1cc(Br)cc(CC(C)(C)C)c1. The summed E-state index contributed by atoms with van der Waals surface area (Å²) in [5.74, 6) is -1.70. The van der Waals surface area contributed by atoms with Crippen LogP contribution in [0.4, 0.5) is 8.78 Å². The van der Waals surface area contributed by atoms with Gasteiger partial charge in [0.2, 0.25) is 5.91 Å². The Morgan fingerprint density at radius 1 is 1.03 bits per heavy atom. The van der Waals surface area contributed by atoms with Crippen LogP contribution < -0.4 is 10.6 Å². The lowest BCUT2D eigenvalue weighted by molar-refractivity contribution is -0.120. The maximum Gasteiger partial charge on any atom is 0.217 e. The van der Waals surface area contributed by atoms with Crippen molar-refractivity contribution in [3.8, 4) is 0 Å². The minimum Gasteiger partial charge on any atom is -0.390 e. The highest BCUT2D eigenvalue weighted by Crippen LogP contribution is 2.24. The zero-order valence-electron chi connectivity index (χ0n) is 18.4. The number of carbonyl (C=O) groups excluding carboxylic acids is 1. The smallest absolute Gasteiger partial charge is 0.217 e. The minimum absolute atomic E-state index is 0.115. The van der Waals surface area contributed by atoms with E-state index in [-0.39, 0.29) is 24.3 Å². The highest BCUT2D eigenvalue weighted by molar-refractivity contribution is 9.10. The van der Waals surface area contributed by atoms with E-state index in [1.54, 1.807) is 0 Å². The van der Waals surface area contributed by atoms with E-state index in [1.807, 2.05) is 6.07 Å². The third kappa shape index (κ3) is 9.46. The number of hydrogen-bond donors (Lipinski definition) is 3. The van der Waals surface area contributed by atoms with Crippen molar-refractivity contribution in [3.05, 3.63) is 69.2 Å². The van der Waals surface area contributed by atoms with Crippen LogP contribution in [0.1, 0.15) is 44.4 Å². The Balaban J connectivity index is 2.01. The molecule has 0 aromatic heterocycles. The van der Waals surface area contributed by atoms with Crippen molar-refractivity contribution < 1.29 is 18.7 Å². The number of carbonyl (C=O) groups is 1. The fourth-order valence-corrected chi connectivity index (χ4v) is 4.16. The molecule has 170 valence electrons. The maximum absolute atomic E-state index is 13.5. The minimum atomic E-state index is -0.934. The first-order chi connectivity index (χ1) is 14.4. The van der Waals surface area contributed by atoms with Crippen molar-refractivity contribution >= 4 is 21.8 Å². The van der Waals surface area contributed by atoms with E-state index in [4.69, 9.17) is 0 Å². The Bertz CT molecular complexity index is 879. The van der Waals surface area contributed by atoms with Gasteiger partial charge in [-0.15, -0.1) is 0 Å². The molecule has 0 heterocycles. The number of halogens is 3. The second-order valence-corrected chi connectivity index (χ2v) is 10.1. The van der Waals surface area contributed by atoms with Crippen LogP contribution in [-0.4, -0.2) is 29.7 Å². The van der Waals surface area contributed by atoms with Gasteiger partial charge in [-0.05, 0) is 59.2 Å². The molecule has 0 bridgehead atoms.